The molecule has 1 aromatic rings. The predicted octanol–water partition coefficient (Wildman–Crippen LogP) is 5.23. The zero-order valence-electron chi connectivity index (χ0n) is 16.3. The van der Waals surface area contributed by atoms with E-state index in [2.05, 4.69) is 29.7 Å². The smallest absolute Gasteiger partial charge is 0.321 e. The minimum Gasteiger partial charge on any atom is -0.322 e. The molecule has 1 aliphatic rings. The fourth-order valence-electron chi connectivity index (χ4n) is 3.29. The van der Waals surface area contributed by atoms with Crippen molar-refractivity contribution in [3.05, 3.63) is 29.8 Å². The van der Waals surface area contributed by atoms with Gasteiger partial charge in [0.2, 0.25) is 0 Å². The first-order chi connectivity index (χ1) is 12.3. The molecule has 0 saturated carbocycles. The second kappa shape index (κ2) is 13.9. The first-order valence-electron chi connectivity index (χ1n) is 10.1. The van der Waals surface area contributed by atoms with Gasteiger partial charge in [0.05, 0.1) is 0 Å². The molecule has 1 heterocycles. The van der Waals surface area contributed by atoms with E-state index >= 15 is 0 Å². The highest BCUT2D eigenvalue weighted by molar-refractivity contribution is 5.89. The summed E-state index contributed by atoms with van der Waals surface area (Å²) in [6.45, 7) is 5.59. The van der Waals surface area contributed by atoms with Crippen molar-refractivity contribution in [1.82, 2.24) is 10.2 Å². The van der Waals surface area contributed by atoms with E-state index in [0.717, 1.165) is 38.3 Å². The number of urea groups is 1. The van der Waals surface area contributed by atoms with Crippen LogP contribution in [0.3, 0.4) is 0 Å². The monoisotopic (exact) mass is 381 g/mol. The zero-order valence-corrected chi connectivity index (χ0v) is 17.1. The second-order valence-electron chi connectivity index (χ2n) is 7.09. The van der Waals surface area contributed by atoms with Gasteiger partial charge in [-0.1, -0.05) is 64.0 Å². The summed E-state index contributed by atoms with van der Waals surface area (Å²) in [5, 5.41) is 6.26. The van der Waals surface area contributed by atoms with Gasteiger partial charge in [0.15, 0.2) is 0 Å². The van der Waals surface area contributed by atoms with Crippen molar-refractivity contribution in [3.8, 4) is 0 Å². The van der Waals surface area contributed by atoms with E-state index < -0.39 is 0 Å². The van der Waals surface area contributed by atoms with Crippen LogP contribution in [0.25, 0.3) is 0 Å². The van der Waals surface area contributed by atoms with Gasteiger partial charge in [-0.2, -0.15) is 0 Å². The van der Waals surface area contributed by atoms with E-state index in [0.29, 0.717) is 0 Å². The van der Waals surface area contributed by atoms with Crippen LogP contribution in [0.2, 0.25) is 0 Å². The maximum absolute atomic E-state index is 12.2. The molecule has 0 radical (unpaired) electrons. The van der Waals surface area contributed by atoms with Crippen molar-refractivity contribution >= 4 is 24.1 Å². The molecule has 0 aliphatic carbocycles. The third-order valence-electron chi connectivity index (χ3n) is 4.93. The number of carbonyl (C=O) groups excluding carboxylic acids is 1. The van der Waals surface area contributed by atoms with Crippen LogP contribution in [0.5, 0.6) is 0 Å². The first kappa shape index (κ1) is 22.8. The van der Waals surface area contributed by atoms with E-state index in [1.54, 1.807) is 0 Å². The third-order valence-corrected chi connectivity index (χ3v) is 4.93. The molecule has 0 spiro atoms. The van der Waals surface area contributed by atoms with Crippen molar-refractivity contribution in [1.29, 1.82) is 0 Å². The van der Waals surface area contributed by atoms with Crippen LogP contribution < -0.4 is 10.6 Å². The number of benzene rings is 1. The number of rotatable bonds is 10. The number of hydrogen-bond donors (Lipinski definition) is 2. The molecule has 0 bridgehead atoms. The maximum Gasteiger partial charge on any atom is 0.321 e. The van der Waals surface area contributed by atoms with Crippen LogP contribution >= 0.6 is 12.4 Å². The minimum atomic E-state index is 0. The summed E-state index contributed by atoms with van der Waals surface area (Å²) in [7, 11) is 0. The Kier molecular flexibility index (Phi) is 12.2. The van der Waals surface area contributed by atoms with Crippen LogP contribution in [0, 0.1) is 0 Å². The summed E-state index contributed by atoms with van der Waals surface area (Å²) < 4.78 is 0. The lowest BCUT2D eigenvalue weighted by Crippen LogP contribution is -2.48. The van der Waals surface area contributed by atoms with E-state index in [4.69, 9.17) is 0 Å². The SMILES string of the molecule is CCCCCCCCCCc1ccc(NC(=O)N2CCNCC2)cc1.Cl. The van der Waals surface area contributed by atoms with Gasteiger partial charge in [0.1, 0.15) is 0 Å². The standard InChI is InChI=1S/C21H35N3O.ClH/c1-2-3-4-5-6-7-8-9-10-19-11-13-20(14-12-19)23-21(25)24-17-15-22-16-18-24;/h11-14,22H,2-10,15-18H2,1H3,(H,23,25);1H. The Bertz CT molecular complexity index is 487. The quantitative estimate of drug-likeness (QED) is 0.545. The van der Waals surface area contributed by atoms with E-state index in [1.165, 1.54) is 56.9 Å². The molecule has 0 atom stereocenters. The summed E-state index contributed by atoms with van der Waals surface area (Å²) >= 11 is 0. The van der Waals surface area contributed by atoms with Crippen molar-refractivity contribution < 1.29 is 4.79 Å². The highest BCUT2D eigenvalue weighted by Gasteiger charge is 2.15. The molecule has 148 valence electrons. The molecular formula is C21H36ClN3O. The Morgan fingerprint density at radius 3 is 2.15 bits per heavy atom. The molecule has 0 unspecified atom stereocenters. The Labute approximate surface area is 165 Å². The molecule has 2 N–H and O–H groups in total. The molecule has 4 nitrogen and oxygen atoms in total. The van der Waals surface area contributed by atoms with Crippen LogP contribution in [-0.4, -0.2) is 37.1 Å². The average Bonchev–Trinajstić information content (AvgIpc) is 2.66. The van der Waals surface area contributed by atoms with E-state index in [-0.39, 0.29) is 18.4 Å². The number of carbonyl (C=O) groups is 1. The Hall–Kier alpha value is -1.26. The molecule has 26 heavy (non-hydrogen) atoms. The number of nitrogens with zero attached hydrogens (tertiary/aromatic N) is 1. The largest absolute Gasteiger partial charge is 0.322 e. The topological polar surface area (TPSA) is 44.4 Å². The minimum absolute atomic E-state index is 0. The third kappa shape index (κ3) is 8.91. The highest BCUT2D eigenvalue weighted by atomic mass is 35.5. The molecule has 5 heteroatoms. The summed E-state index contributed by atoms with van der Waals surface area (Å²) in [5.74, 6) is 0. The summed E-state index contributed by atoms with van der Waals surface area (Å²) in [6.07, 6.45) is 12.0. The number of hydrogen-bond acceptors (Lipinski definition) is 2. The van der Waals surface area contributed by atoms with Crippen LogP contribution in [0.4, 0.5) is 10.5 Å². The number of anilines is 1. The Morgan fingerprint density at radius 1 is 0.962 bits per heavy atom. The van der Waals surface area contributed by atoms with Gasteiger partial charge in [-0.25, -0.2) is 4.79 Å². The van der Waals surface area contributed by atoms with Crippen LogP contribution in [-0.2, 0) is 6.42 Å². The predicted molar refractivity (Wildman–Crippen MR) is 113 cm³/mol. The van der Waals surface area contributed by atoms with Gasteiger partial charge >= 0.3 is 6.03 Å². The van der Waals surface area contributed by atoms with Gasteiger partial charge in [0.25, 0.3) is 0 Å². The molecule has 0 aromatic heterocycles. The highest BCUT2D eigenvalue weighted by Crippen LogP contribution is 2.14. The zero-order chi connectivity index (χ0) is 17.7. The lowest BCUT2D eigenvalue weighted by atomic mass is 10.0. The fourth-order valence-corrected chi connectivity index (χ4v) is 3.29. The Morgan fingerprint density at radius 2 is 1.54 bits per heavy atom. The molecule has 1 saturated heterocycles. The normalized spacial score (nSPS) is 14.0. The number of amides is 2. The first-order valence-corrected chi connectivity index (χ1v) is 10.1. The average molecular weight is 382 g/mol. The summed E-state index contributed by atoms with van der Waals surface area (Å²) in [5.41, 5.74) is 2.26. The molecule has 2 rings (SSSR count). The number of piperazine rings is 1. The van der Waals surface area contributed by atoms with Crippen LogP contribution in [0.15, 0.2) is 24.3 Å². The van der Waals surface area contributed by atoms with E-state index in [9.17, 15) is 4.79 Å². The number of aryl methyl sites for hydroxylation is 1. The summed E-state index contributed by atoms with van der Waals surface area (Å²) in [4.78, 5) is 14.0. The molecule has 1 aliphatic heterocycles. The lowest BCUT2D eigenvalue weighted by Gasteiger charge is -2.27. The number of unbranched alkanes of at least 4 members (excludes halogenated alkanes) is 7. The maximum atomic E-state index is 12.2. The Balaban J connectivity index is 0.00000338. The molecule has 1 aromatic carbocycles. The van der Waals surface area contributed by atoms with Crippen molar-refractivity contribution in [2.45, 2.75) is 64.7 Å². The van der Waals surface area contributed by atoms with Crippen LogP contribution in [0.1, 0.15) is 63.9 Å². The van der Waals surface area contributed by atoms with Crippen molar-refractivity contribution in [3.63, 3.8) is 0 Å². The lowest BCUT2D eigenvalue weighted by molar-refractivity contribution is 0.204. The van der Waals surface area contributed by atoms with E-state index in [1.807, 2.05) is 17.0 Å². The van der Waals surface area contributed by atoms with Gasteiger partial charge in [-0.3, -0.25) is 0 Å². The van der Waals surface area contributed by atoms with Gasteiger partial charge in [-0.15, -0.1) is 12.4 Å². The van der Waals surface area contributed by atoms with Gasteiger partial charge < -0.3 is 15.5 Å². The number of halogens is 1. The van der Waals surface area contributed by atoms with Crippen molar-refractivity contribution in [2.75, 3.05) is 31.5 Å². The molecule has 2 amide bonds. The second-order valence-corrected chi connectivity index (χ2v) is 7.09. The molecule has 1 fully saturated rings. The van der Waals surface area contributed by atoms with Crippen molar-refractivity contribution in [2.24, 2.45) is 0 Å². The van der Waals surface area contributed by atoms with Gasteiger partial charge in [0, 0.05) is 31.9 Å². The summed E-state index contributed by atoms with van der Waals surface area (Å²) in [6, 6.07) is 8.36. The molecular weight excluding hydrogens is 346 g/mol. The van der Waals surface area contributed by atoms with Gasteiger partial charge in [-0.05, 0) is 30.5 Å². The number of nitrogens with one attached hydrogen (secondary N) is 2. The fraction of sp³-hybridized carbons (Fsp3) is 0.667.